The predicted molar refractivity (Wildman–Crippen MR) is 113 cm³/mol. The van der Waals surface area contributed by atoms with E-state index in [4.69, 9.17) is 15.2 Å². The van der Waals surface area contributed by atoms with Crippen LogP contribution in [0.2, 0.25) is 0 Å². The Bertz CT molecular complexity index is 1100. The molecule has 0 bridgehead atoms. The van der Waals surface area contributed by atoms with Crippen LogP contribution in [0, 0.1) is 6.92 Å². The standard InChI is InChI=1S/C24H22N2O3/c1-15-2-8-19(13-20(15)16-3-6-18(25)7-4-16)26-23(27)24(10-11-24)17-5-9-21-22(12-17)29-14-28-21/h2-9,12-13H,10-11,14,25H2,1H3,(H,26,27). The number of ether oxygens (including phenoxy) is 2. The summed E-state index contributed by atoms with van der Waals surface area (Å²) in [5.74, 6) is 1.46. The highest BCUT2D eigenvalue weighted by molar-refractivity contribution is 6.02. The minimum atomic E-state index is -0.493. The first-order valence-electron chi connectivity index (χ1n) is 9.73. The molecule has 0 aromatic heterocycles. The molecule has 5 rings (SSSR count). The van der Waals surface area contributed by atoms with Crippen molar-refractivity contribution >= 4 is 17.3 Å². The zero-order valence-corrected chi connectivity index (χ0v) is 16.2. The average molecular weight is 386 g/mol. The van der Waals surface area contributed by atoms with Crippen molar-refractivity contribution in [3.05, 3.63) is 71.8 Å². The maximum Gasteiger partial charge on any atom is 0.235 e. The van der Waals surface area contributed by atoms with Crippen LogP contribution in [-0.4, -0.2) is 12.7 Å². The Labute approximate surface area is 169 Å². The summed E-state index contributed by atoms with van der Waals surface area (Å²) >= 11 is 0. The van der Waals surface area contributed by atoms with Crippen molar-refractivity contribution in [2.75, 3.05) is 17.8 Å². The van der Waals surface area contributed by atoms with Crippen LogP contribution in [0.1, 0.15) is 24.0 Å². The highest BCUT2D eigenvalue weighted by atomic mass is 16.7. The van der Waals surface area contributed by atoms with E-state index in [9.17, 15) is 4.79 Å². The van der Waals surface area contributed by atoms with E-state index >= 15 is 0 Å². The first-order chi connectivity index (χ1) is 14.0. The Morgan fingerprint density at radius 2 is 1.72 bits per heavy atom. The largest absolute Gasteiger partial charge is 0.454 e. The number of hydrogen-bond acceptors (Lipinski definition) is 4. The van der Waals surface area contributed by atoms with Gasteiger partial charge in [0, 0.05) is 11.4 Å². The molecule has 29 heavy (non-hydrogen) atoms. The molecule has 5 nitrogen and oxygen atoms in total. The van der Waals surface area contributed by atoms with Gasteiger partial charge in [0.25, 0.3) is 0 Å². The number of carbonyl (C=O) groups is 1. The summed E-state index contributed by atoms with van der Waals surface area (Å²) in [4.78, 5) is 13.2. The minimum Gasteiger partial charge on any atom is -0.454 e. The monoisotopic (exact) mass is 386 g/mol. The zero-order valence-electron chi connectivity index (χ0n) is 16.2. The molecule has 0 spiro atoms. The number of anilines is 2. The Kier molecular flexibility index (Phi) is 3.98. The highest BCUT2D eigenvalue weighted by Gasteiger charge is 2.51. The third-order valence-corrected chi connectivity index (χ3v) is 5.83. The number of rotatable bonds is 4. The number of aryl methyl sites for hydroxylation is 1. The molecule has 1 aliphatic heterocycles. The predicted octanol–water partition coefficient (Wildman–Crippen LogP) is 4.64. The van der Waals surface area contributed by atoms with Gasteiger partial charge in [0.1, 0.15) is 0 Å². The van der Waals surface area contributed by atoms with Crippen LogP contribution >= 0.6 is 0 Å². The molecule has 1 aliphatic carbocycles. The van der Waals surface area contributed by atoms with Gasteiger partial charge in [-0.3, -0.25) is 4.79 Å². The van der Waals surface area contributed by atoms with Gasteiger partial charge in [-0.05, 0) is 78.4 Å². The third-order valence-electron chi connectivity index (χ3n) is 5.83. The van der Waals surface area contributed by atoms with Gasteiger partial charge in [-0.15, -0.1) is 0 Å². The number of nitrogens with one attached hydrogen (secondary N) is 1. The lowest BCUT2D eigenvalue weighted by atomic mass is 9.94. The summed E-state index contributed by atoms with van der Waals surface area (Å²) in [6.07, 6.45) is 1.66. The molecule has 1 amide bonds. The van der Waals surface area contributed by atoms with Gasteiger partial charge in [0.05, 0.1) is 5.41 Å². The van der Waals surface area contributed by atoms with Crippen molar-refractivity contribution in [1.29, 1.82) is 0 Å². The number of fused-ring (bicyclic) bond motifs is 1. The van der Waals surface area contributed by atoms with Crippen molar-refractivity contribution in [1.82, 2.24) is 0 Å². The van der Waals surface area contributed by atoms with E-state index in [0.717, 1.165) is 52.2 Å². The second-order valence-electron chi connectivity index (χ2n) is 7.76. The van der Waals surface area contributed by atoms with E-state index in [1.54, 1.807) is 0 Å². The molecule has 1 fully saturated rings. The Morgan fingerprint density at radius 1 is 0.966 bits per heavy atom. The van der Waals surface area contributed by atoms with Crippen LogP contribution in [0.25, 0.3) is 11.1 Å². The van der Waals surface area contributed by atoms with Gasteiger partial charge >= 0.3 is 0 Å². The second kappa shape index (κ2) is 6.55. The molecule has 0 atom stereocenters. The topological polar surface area (TPSA) is 73.6 Å². The van der Waals surface area contributed by atoms with E-state index in [1.165, 1.54) is 0 Å². The van der Waals surface area contributed by atoms with Crippen molar-refractivity contribution < 1.29 is 14.3 Å². The van der Waals surface area contributed by atoms with E-state index in [2.05, 4.69) is 12.2 Å². The Hall–Kier alpha value is -3.47. The molecule has 3 N–H and O–H groups in total. The molecule has 146 valence electrons. The fraction of sp³-hybridized carbons (Fsp3) is 0.208. The third kappa shape index (κ3) is 3.09. The lowest BCUT2D eigenvalue weighted by molar-refractivity contribution is -0.118. The quantitative estimate of drug-likeness (QED) is 0.641. The van der Waals surface area contributed by atoms with Gasteiger partial charge in [0.15, 0.2) is 11.5 Å². The van der Waals surface area contributed by atoms with Gasteiger partial charge in [0.2, 0.25) is 12.7 Å². The molecule has 3 aromatic rings. The summed E-state index contributed by atoms with van der Waals surface area (Å²) in [5, 5.41) is 3.12. The molecular weight excluding hydrogens is 364 g/mol. The SMILES string of the molecule is Cc1ccc(NC(=O)C2(c3ccc4c(c3)OCO4)CC2)cc1-c1ccc(N)cc1. The maximum absolute atomic E-state index is 13.2. The van der Waals surface area contributed by atoms with Gasteiger partial charge in [-0.25, -0.2) is 0 Å². The first kappa shape index (κ1) is 17.6. The smallest absolute Gasteiger partial charge is 0.235 e. The molecule has 0 unspecified atom stereocenters. The van der Waals surface area contributed by atoms with Gasteiger partial charge in [-0.1, -0.05) is 24.3 Å². The molecule has 5 heteroatoms. The second-order valence-corrected chi connectivity index (χ2v) is 7.76. The van der Waals surface area contributed by atoms with E-state index in [0.29, 0.717) is 5.75 Å². The fourth-order valence-corrected chi connectivity index (χ4v) is 3.89. The van der Waals surface area contributed by atoms with Gasteiger partial charge in [-0.2, -0.15) is 0 Å². The van der Waals surface area contributed by atoms with Crippen molar-refractivity contribution in [3.63, 3.8) is 0 Å². The van der Waals surface area contributed by atoms with E-state index < -0.39 is 5.41 Å². The zero-order chi connectivity index (χ0) is 20.0. The number of hydrogen-bond donors (Lipinski definition) is 2. The molecule has 3 aromatic carbocycles. The molecule has 1 saturated carbocycles. The molecule has 0 radical (unpaired) electrons. The summed E-state index contributed by atoms with van der Waals surface area (Å²) in [5.41, 5.74) is 11.1. The summed E-state index contributed by atoms with van der Waals surface area (Å²) in [7, 11) is 0. The van der Waals surface area contributed by atoms with Gasteiger partial charge < -0.3 is 20.5 Å². The molecule has 2 aliphatic rings. The first-order valence-corrected chi connectivity index (χ1v) is 9.73. The maximum atomic E-state index is 13.2. The normalized spacial score (nSPS) is 15.8. The van der Waals surface area contributed by atoms with Crippen LogP contribution in [0.3, 0.4) is 0 Å². The number of nitrogens with two attached hydrogens (primary N) is 1. The molecular formula is C24H22N2O3. The fourth-order valence-electron chi connectivity index (χ4n) is 3.89. The number of carbonyl (C=O) groups excluding carboxylic acids is 1. The van der Waals surface area contributed by atoms with E-state index in [1.807, 2.05) is 60.7 Å². The molecule has 0 saturated heterocycles. The van der Waals surface area contributed by atoms with Crippen LogP contribution in [-0.2, 0) is 10.2 Å². The van der Waals surface area contributed by atoms with Crippen molar-refractivity contribution in [2.24, 2.45) is 0 Å². The number of nitrogen functional groups attached to an aromatic ring is 1. The van der Waals surface area contributed by atoms with Crippen LogP contribution in [0.4, 0.5) is 11.4 Å². The van der Waals surface area contributed by atoms with Crippen molar-refractivity contribution in [2.45, 2.75) is 25.2 Å². The minimum absolute atomic E-state index is 0.0171. The molecule has 1 heterocycles. The Morgan fingerprint density at radius 3 is 2.48 bits per heavy atom. The van der Waals surface area contributed by atoms with E-state index in [-0.39, 0.29) is 12.7 Å². The summed E-state index contributed by atoms with van der Waals surface area (Å²) < 4.78 is 10.9. The van der Waals surface area contributed by atoms with Crippen LogP contribution in [0.5, 0.6) is 11.5 Å². The average Bonchev–Trinajstić information content (AvgIpc) is 3.41. The number of amides is 1. The summed E-state index contributed by atoms with van der Waals surface area (Å²) in [6.45, 7) is 2.29. The Balaban J connectivity index is 1.41. The van der Waals surface area contributed by atoms with Crippen molar-refractivity contribution in [3.8, 4) is 22.6 Å². The lowest BCUT2D eigenvalue weighted by Crippen LogP contribution is -2.27. The van der Waals surface area contributed by atoms with Crippen LogP contribution in [0.15, 0.2) is 60.7 Å². The summed E-state index contributed by atoms with van der Waals surface area (Å²) in [6, 6.07) is 19.6. The number of benzene rings is 3. The van der Waals surface area contributed by atoms with Crippen LogP contribution < -0.4 is 20.5 Å². The highest BCUT2D eigenvalue weighted by Crippen LogP contribution is 2.51. The lowest BCUT2D eigenvalue weighted by Gasteiger charge is -2.17.